The Labute approximate surface area is 109 Å². The van der Waals surface area contributed by atoms with E-state index in [0.717, 1.165) is 18.7 Å². The van der Waals surface area contributed by atoms with Crippen LogP contribution in [0.1, 0.15) is 18.1 Å². The number of likely N-dealkylation sites (N-methyl/N-ethyl adjacent to an activating group) is 2. The molecule has 0 aliphatic carbocycles. The maximum Gasteiger partial charge on any atom is 0.236 e. The topological polar surface area (TPSA) is 49.6 Å². The third-order valence-corrected chi connectivity index (χ3v) is 2.97. The van der Waals surface area contributed by atoms with Crippen molar-refractivity contribution in [2.75, 3.05) is 27.2 Å². The van der Waals surface area contributed by atoms with Crippen LogP contribution in [0.5, 0.6) is 0 Å². The van der Waals surface area contributed by atoms with Gasteiger partial charge in [0.05, 0.1) is 6.54 Å². The molecule has 0 saturated carbocycles. The molecule has 0 saturated heterocycles. The molecule has 1 rings (SSSR count). The first-order valence-electron chi connectivity index (χ1n) is 6.27. The summed E-state index contributed by atoms with van der Waals surface area (Å²) < 4.78 is 0. The highest BCUT2D eigenvalue weighted by Gasteiger charge is 2.10. The third-order valence-electron chi connectivity index (χ3n) is 2.97. The zero-order valence-corrected chi connectivity index (χ0v) is 11.5. The molecule has 4 nitrogen and oxygen atoms in total. The van der Waals surface area contributed by atoms with E-state index in [-0.39, 0.29) is 5.91 Å². The quantitative estimate of drug-likeness (QED) is 0.820. The number of hydrogen-bond acceptors (Lipinski definition) is 3. The lowest BCUT2D eigenvalue weighted by molar-refractivity contribution is -0.130. The van der Waals surface area contributed by atoms with Crippen molar-refractivity contribution in [3.8, 4) is 0 Å². The van der Waals surface area contributed by atoms with Gasteiger partial charge in [0.2, 0.25) is 5.91 Å². The number of rotatable bonds is 6. The molecule has 1 aromatic rings. The summed E-state index contributed by atoms with van der Waals surface area (Å²) in [7, 11) is 3.57. The SMILES string of the molecule is CCN(CC(=O)N(C)C)Cc1ccc(CN)cc1. The molecule has 0 aliphatic heterocycles. The molecule has 1 amide bonds. The molecule has 0 heterocycles. The van der Waals surface area contributed by atoms with E-state index in [2.05, 4.69) is 24.0 Å². The van der Waals surface area contributed by atoms with E-state index >= 15 is 0 Å². The van der Waals surface area contributed by atoms with Crippen LogP contribution in [0.3, 0.4) is 0 Å². The van der Waals surface area contributed by atoms with E-state index in [9.17, 15) is 4.79 Å². The number of benzene rings is 1. The number of hydrogen-bond donors (Lipinski definition) is 1. The van der Waals surface area contributed by atoms with Gasteiger partial charge in [-0.1, -0.05) is 31.2 Å². The van der Waals surface area contributed by atoms with Crippen molar-refractivity contribution in [1.82, 2.24) is 9.80 Å². The van der Waals surface area contributed by atoms with E-state index in [1.54, 1.807) is 19.0 Å². The maximum absolute atomic E-state index is 11.7. The summed E-state index contributed by atoms with van der Waals surface area (Å²) in [6, 6.07) is 8.23. The lowest BCUT2D eigenvalue weighted by Gasteiger charge is -2.22. The Morgan fingerprint density at radius 2 is 1.72 bits per heavy atom. The van der Waals surface area contributed by atoms with Crippen LogP contribution in [-0.4, -0.2) is 42.9 Å². The fraction of sp³-hybridized carbons (Fsp3) is 0.500. The second-order valence-corrected chi connectivity index (χ2v) is 4.61. The summed E-state index contributed by atoms with van der Waals surface area (Å²) in [6.07, 6.45) is 0. The highest BCUT2D eigenvalue weighted by Crippen LogP contribution is 2.07. The molecular formula is C14H23N3O. The summed E-state index contributed by atoms with van der Waals surface area (Å²) in [6.45, 7) is 4.75. The monoisotopic (exact) mass is 249 g/mol. The zero-order chi connectivity index (χ0) is 13.5. The number of nitrogens with zero attached hydrogens (tertiary/aromatic N) is 2. The van der Waals surface area contributed by atoms with Crippen molar-refractivity contribution in [3.63, 3.8) is 0 Å². The van der Waals surface area contributed by atoms with Crippen molar-refractivity contribution >= 4 is 5.91 Å². The summed E-state index contributed by atoms with van der Waals surface area (Å²) in [5.74, 6) is 0.135. The predicted octanol–water partition coefficient (Wildman–Crippen LogP) is 1.06. The Hall–Kier alpha value is -1.39. The number of amides is 1. The van der Waals surface area contributed by atoms with Crippen molar-refractivity contribution in [3.05, 3.63) is 35.4 Å². The molecule has 4 heteroatoms. The molecule has 0 radical (unpaired) electrons. The van der Waals surface area contributed by atoms with Gasteiger partial charge >= 0.3 is 0 Å². The van der Waals surface area contributed by atoms with Gasteiger partial charge in [-0.3, -0.25) is 9.69 Å². The minimum absolute atomic E-state index is 0.135. The minimum Gasteiger partial charge on any atom is -0.348 e. The largest absolute Gasteiger partial charge is 0.348 e. The number of carbonyl (C=O) groups is 1. The highest BCUT2D eigenvalue weighted by atomic mass is 16.2. The molecule has 0 unspecified atom stereocenters. The number of carbonyl (C=O) groups excluding carboxylic acids is 1. The summed E-state index contributed by atoms with van der Waals surface area (Å²) in [4.78, 5) is 15.4. The van der Waals surface area contributed by atoms with Crippen LogP contribution in [0.4, 0.5) is 0 Å². The van der Waals surface area contributed by atoms with E-state index in [4.69, 9.17) is 5.73 Å². The lowest BCUT2D eigenvalue weighted by Crippen LogP contribution is -2.36. The molecule has 1 aromatic carbocycles. The fourth-order valence-electron chi connectivity index (χ4n) is 1.65. The first-order valence-corrected chi connectivity index (χ1v) is 6.27. The molecule has 0 aromatic heterocycles. The highest BCUT2D eigenvalue weighted by molar-refractivity contribution is 5.77. The average Bonchev–Trinajstić information content (AvgIpc) is 2.38. The molecule has 0 fully saturated rings. The molecule has 18 heavy (non-hydrogen) atoms. The molecule has 100 valence electrons. The minimum atomic E-state index is 0.135. The Bertz CT molecular complexity index is 373. The molecule has 0 atom stereocenters. The van der Waals surface area contributed by atoms with Gasteiger partial charge in [0.1, 0.15) is 0 Å². The smallest absolute Gasteiger partial charge is 0.236 e. The van der Waals surface area contributed by atoms with Crippen LogP contribution in [0.2, 0.25) is 0 Å². The van der Waals surface area contributed by atoms with E-state index in [1.807, 2.05) is 12.1 Å². The van der Waals surface area contributed by atoms with Crippen LogP contribution in [0, 0.1) is 0 Å². The summed E-state index contributed by atoms with van der Waals surface area (Å²) in [5.41, 5.74) is 7.91. The standard InChI is InChI=1S/C14H23N3O/c1-4-17(11-14(18)16(2)3)10-13-7-5-12(9-15)6-8-13/h5-8H,4,9-11,15H2,1-3H3. The van der Waals surface area contributed by atoms with Crippen LogP contribution < -0.4 is 5.73 Å². The summed E-state index contributed by atoms with van der Waals surface area (Å²) in [5, 5.41) is 0. The molecule has 0 bridgehead atoms. The predicted molar refractivity (Wildman–Crippen MR) is 74.0 cm³/mol. The zero-order valence-electron chi connectivity index (χ0n) is 11.5. The molecule has 0 spiro atoms. The van der Waals surface area contributed by atoms with Gasteiger partial charge in [0.25, 0.3) is 0 Å². The first kappa shape index (κ1) is 14.7. The molecule has 0 aliphatic rings. The fourth-order valence-corrected chi connectivity index (χ4v) is 1.65. The second-order valence-electron chi connectivity index (χ2n) is 4.61. The normalized spacial score (nSPS) is 10.7. The maximum atomic E-state index is 11.7. The van der Waals surface area contributed by atoms with Gasteiger partial charge in [0.15, 0.2) is 0 Å². The Morgan fingerprint density at radius 1 is 1.17 bits per heavy atom. The van der Waals surface area contributed by atoms with Crippen LogP contribution in [-0.2, 0) is 17.9 Å². The van der Waals surface area contributed by atoms with Crippen molar-refractivity contribution in [2.45, 2.75) is 20.0 Å². The van der Waals surface area contributed by atoms with Crippen LogP contribution in [0.25, 0.3) is 0 Å². The van der Waals surface area contributed by atoms with Crippen molar-refractivity contribution < 1.29 is 4.79 Å². The summed E-state index contributed by atoms with van der Waals surface area (Å²) >= 11 is 0. The average molecular weight is 249 g/mol. The Morgan fingerprint density at radius 3 is 2.17 bits per heavy atom. The Balaban J connectivity index is 2.59. The second kappa shape index (κ2) is 7.13. The van der Waals surface area contributed by atoms with Gasteiger partial charge in [-0.25, -0.2) is 0 Å². The Kier molecular flexibility index (Phi) is 5.82. The van der Waals surface area contributed by atoms with Crippen molar-refractivity contribution in [1.29, 1.82) is 0 Å². The van der Waals surface area contributed by atoms with Gasteiger partial charge < -0.3 is 10.6 Å². The van der Waals surface area contributed by atoms with Crippen LogP contribution >= 0.6 is 0 Å². The van der Waals surface area contributed by atoms with Crippen molar-refractivity contribution in [2.24, 2.45) is 5.73 Å². The first-order chi connectivity index (χ1) is 8.56. The van der Waals surface area contributed by atoms with E-state index in [1.165, 1.54) is 5.56 Å². The van der Waals surface area contributed by atoms with Gasteiger partial charge in [-0.2, -0.15) is 0 Å². The lowest BCUT2D eigenvalue weighted by atomic mass is 10.1. The van der Waals surface area contributed by atoms with Gasteiger partial charge in [0, 0.05) is 27.2 Å². The van der Waals surface area contributed by atoms with Gasteiger partial charge in [-0.15, -0.1) is 0 Å². The van der Waals surface area contributed by atoms with E-state index < -0.39 is 0 Å². The van der Waals surface area contributed by atoms with Gasteiger partial charge in [-0.05, 0) is 17.7 Å². The molecule has 2 N–H and O–H groups in total. The number of nitrogens with two attached hydrogens (primary N) is 1. The van der Waals surface area contributed by atoms with Crippen LogP contribution in [0.15, 0.2) is 24.3 Å². The molecular weight excluding hydrogens is 226 g/mol. The third kappa shape index (κ3) is 4.47. The van der Waals surface area contributed by atoms with E-state index in [0.29, 0.717) is 13.1 Å².